The zero-order valence-corrected chi connectivity index (χ0v) is 14.9. The Morgan fingerprint density at radius 1 is 1.32 bits per heavy atom. The number of nitrogens with zero attached hydrogens (tertiary/aromatic N) is 1. The molecule has 0 bridgehead atoms. The van der Waals surface area contributed by atoms with Crippen LogP contribution in [-0.4, -0.2) is 35.8 Å². The first-order valence-electron chi connectivity index (χ1n) is 8.41. The van der Waals surface area contributed by atoms with Crippen molar-refractivity contribution >= 4 is 23.4 Å². The summed E-state index contributed by atoms with van der Waals surface area (Å²) in [5, 5.41) is 3.41. The molecule has 1 saturated heterocycles. The van der Waals surface area contributed by atoms with Gasteiger partial charge in [-0.3, -0.25) is 9.59 Å². The summed E-state index contributed by atoms with van der Waals surface area (Å²) in [6, 6.07) is 9.44. The molecule has 25 heavy (non-hydrogen) atoms. The first kappa shape index (κ1) is 17.5. The summed E-state index contributed by atoms with van der Waals surface area (Å²) in [7, 11) is 0. The largest absolute Gasteiger partial charge is 0.469 e. The molecule has 0 aliphatic carbocycles. The van der Waals surface area contributed by atoms with Gasteiger partial charge in [-0.15, -0.1) is 0 Å². The van der Waals surface area contributed by atoms with Crippen LogP contribution in [0, 0.1) is 6.92 Å². The number of rotatable bonds is 5. The van der Waals surface area contributed by atoms with E-state index in [1.165, 1.54) is 6.26 Å². The molecule has 1 aromatic heterocycles. The van der Waals surface area contributed by atoms with Gasteiger partial charge in [0.05, 0.1) is 18.4 Å². The third-order valence-electron chi connectivity index (χ3n) is 4.61. The van der Waals surface area contributed by atoms with Crippen molar-refractivity contribution in [3.8, 4) is 0 Å². The maximum atomic E-state index is 12.5. The lowest BCUT2D eigenvalue weighted by Crippen LogP contribution is -2.43. The maximum Gasteiger partial charge on any atom is 0.255 e. The number of hydrogen-bond donors (Lipinski definition) is 1. The molecule has 2 aromatic rings. The van der Waals surface area contributed by atoms with Crippen LogP contribution in [0.1, 0.15) is 34.5 Å². The third-order valence-corrected chi connectivity index (χ3v) is 4.98. The van der Waals surface area contributed by atoms with Gasteiger partial charge in [0.2, 0.25) is 5.91 Å². The standard InChI is InChI=1S/C19H21ClN2O3/c1-13-16(8-10-25-13)19(24)21-12-18(23)22-9-4-6-15(22)11-14-5-2-3-7-17(14)20/h2-3,5,7-8,10,15H,4,6,9,11-12H2,1H3,(H,21,24)/t15-/m0/s1. The topological polar surface area (TPSA) is 62.6 Å². The lowest BCUT2D eigenvalue weighted by atomic mass is 10.0. The van der Waals surface area contributed by atoms with Crippen molar-refractivity contribution in [3.63, 3.8) is 0 Å². The van der Waals surface area contributed by atoms with Crippen LogP contribution >= 0.6 is 11.6 Å². The fraction of sp³-hybridized carbons (Fsp3) is 0.368. The fourth-order valence-electron chi connectivity index (χ4n) is 3.27. The van der Waals surface area contributed by atoms with Crippen molar-refractivity contribution in [3.05, 3.63) is 58.5 Å². The zero-order valence-electron chi connectivity index (χ0n) is 14.1. The minimum atomic E-state index is -0.290. The average Bonchev–Trinajstić information content (AvgIpc) is 3.23. The second-order valence-electron chi connectivity index (χ2n) is 6.25. The van der Waals surface area contributed by atoms with E-state index in [-0.39, 0.29) is 24.4 Å². The van der Waals surface area contributed by atoms with Gasteiger partial charge in [0.25, 0.3) is 5.91 Å². The molecule has 1 aromatic carbocycles. The summed E-state index contributed by atoms with van der Waals surface area (Å²) in [5.74, 6) is 0.188. The number of hydrogen-bond acceptors (Lipinski definition) is 3. The summed E-state index contributed by atoms with van der Waals surface area (Å²) in [6.45, 7) is 2.42. The average molecular weight is 361 g/mol. The van der Waals surface area contributed by atoms with Gasteiger partial charge in [0.1, 0.15) is 5.76 Å². The van der Waals surface area contributed by atoms with E-state index in [9.17, 15) is 9.59 Å². The Kier molecular flexibility index (Phi) is 5.43. The molecule has 5 nitrogen and oxygen atoms in total. The zero-order chi connectivity index (χ0) is 17.8. The van der Waals surface area contributed by atoms with Gasteiger partial charge in [-0.2, -0.15) is 0 Å². The number of nitrogens with one attached hydrogen (secondary N) is 1. The van der Waals surface area contributed by atoms with Crippen LogP contribution in [0.4, 0.5) is 0 Å². The predicted molar refractivity (Wildman–Crippen MR) is 95.7 cm³/mol. The Hall–Kier alpha value is -2.27. The molecule has 0 spiro atoms. The molecule has 1 aliphatic heterocycles. The minimum Gasteiger partial charge on any atom is -0.469 e. The van der Waals surface area contributed by atoms with Gasteiger partial charge in [-0.1, -0.05) is 29.8 Å². The summed E-state index contributed by atoms with van der Waals surface area (Å²) >= 11 is 6.24. The molecule has 6 heteroatoms. The van der Waals surface area contributed by atoms with Gasteiger partial charge >= 0.3 is 0 Å². The van der Waals surface area contributed by atoms with Crippen molar-refractivity contribution in [1.82, 2.24) is 10.2 Å². The van der Waals surface area contributed by atoms with E-state index >= 15 is 0 Å². The Morgan fingerprint density at radius 3 is 2.84 bits per heavy atom. The van der Waals surface area contributed by atoms with Crippen molar-refractivity contribution in [2.75, 3.05) is 13.1 Å². The molecule has 1 aliphatic rings. The molecule has 1 atom stereocenters. The predicted octanol–water partition coefficient (Wildman–Crippen LogP) is 3.20. The lowest BCUT2D eigenvalue weighted by molar-refractivity contribution is -0.130. The first-order valence-corrected chi connectivity index (χ1v) is 8.79. The second kappa shape index (κ2) is 7.74. The van der Waals surface area contributed by atoms with E-state index in [1.807, 2.05) is 29.2 Å². The van der Waals surface area contributed by atoms with Crippen LogP contribution in [0.25, 0.3) is 0 Å². The number of amides is 2. The van der Waals surface area contributed by atoms with Crippen LogP contribution in [0.5, 0.6) is 0 Å². The summed E-state index contributed by atoms with van der Waals surface area (Å²) in [4.78, 5) is 26.5. The molecule has 0 radical (unpaired) electrons. The molecule has 3 rings (SSSR count). The Morgan fingerprint density at radius 2 is 2.12 bits per heavy atom. The molecule has 132 valence electrons. The molecule has 1 fully saturated rings. The molecular weight excluding hydrogens is 340 g/mol. The number of benzene rings is 1. The van der Waals surface area contributed by atoms with Gasteiger partial charge < -0.3 is 14.6 Å². The molecule has 2 amide bonds. The number of carbonyl (C=O) groups is 2. The normalized spacial score (nSPS) is 16.9. The molecule has 0 unspecified atom stereocenters. The van der Waals surface area contributed by atoms with Crippen LogP contribution in [0.2, 0.25) is 5.02 Å². The van der Waals surface area contributed by atoms with E-state index in [0.717, 1.165) is 29.8 Å². The Labute approximate surface area is 151 Å². The van der Waals surface area contributed by atoms with E-state index in [0.29, 0.717) is 17.9 Å². The molecule has 1 N–H and O–H groups in total. The van der Waals surface area contributed by atoms with Crippen molar-refractivity contribution in [2.45, 2.75) is 32.2 Å². The van der Waals surface area contributed by atoms with Gasteiger partial charge in [-0.25, -0.2) is 0 Å². The third kappa shape index (κ3) is 4.04. The van der Waals surface area contributed by atoms with E-state index in [1.54, 1.807) is 13.0 Å². The van der Waals surface area contributed by atoms with Gasteiger partial charge in [0.15, 0.2) is 0 Å². The highest BCUT2D eigenvalue weighted by molar-refractivity contribution is 6.31. The Bertz CT molecular complexity index is 772. The first-order chi connectivity index (χ1) is 12.1. The Balaban J connectivity index is 1.58. The highest BCUT2D eigenvalue weighted by Gasteiger charge is 2.29. The quantitative estimate of drug-likeness (QED) is 0.890. The molecular formula is C19H21ClN2O3. The number of aryl methyl sites for hydroxylation is 1. The SMILES string of the molecule is Cc1occc1C(=O)NCC(=O)N1CCC[C@H]1Cc1ccccc1Cl. The van der Waals surface area contributed by atoms with Crippen LogP contribution in [0.15, 0.2) is 41.0 Å². The van der Waals surface area contributed by atoms with Crippen LogP contribution in [0.3, 0.4) is 0 Å². The monoisotopic (exact) mass is 360 g/mol. The highest BCUT2D eigenvalue weighted by atomic mass is 35.5. The van der Waals surface area contributed by atoms with Crippen molar-refractivity contribution in [2.24, 2.45) is 0 Å². The smallest absolute Gasteiger partial charge is 0.255 e. The fourth-order valence-corrected chi connectivity index (χ4v) is 3.48. The second-order valence-corrected chi connectivity index (χ2v) is 6.66. The summed E-state index contributed by atoms with van der Waals surface area (Å²) in [5.41, 5.74) is 1.51. The van der Waals surface area contributed by atoms with Crippen molar-refractivity contribution < 1.29 is 14.0 Å². The van der Waals surface area contributed by atoms with Gasteiger partial charge in [0, 0.05) is 17.6 Å². The van der Waals surface area contributed by atoms with E-state index in [2.05, 4.69) is 5.32 Å². The maximum absolute atomic E-state index is 12.5. The minimum absolute atomic E-state index is 0.0114. The van der Waals surface area contributed by atoms with Crippen LogP contribution in [-0.2, 0) is 11.2 Å². The van der Waals surface area contributed by atoms with E-state index in [4.69, 9.17) is 16.0 Å². The molecule has 0 saturated carbocycles. The number of carbonyl (C=O) groups excluding carboxylic acids is 2. The highest BCUT2D eigenvalue weighted by Crippen LogP contribution is 2.24. The van der Waals surface area contributed by atoms with Crippen molar-refractivity contribution in [1.29, 1.82) is 0 Å². The molecule has 2 heterocycles. The summed E-state index contributed by atoms with van der Waals surface area (Å²) in [6.07, 6.45) is 4.12. The number of halogens is 1. The van der Waals surface area contributed by atoms with E-state index < -0.39 is 0 Å². The number of furan rings is 1. The lowest BCUT2D eigenvalue weighted by Gasteiger charge is -2.25. The van der Waals surface area contributed by atoms with Gasteiger partial charge in [-0.05, 0) is 43.9 Å². The number of likely N-dealkylation sites (tertiary alicyclic amines) is 1. The van der Waals surface area contributed by atoms with Crippen LogP contribution < -0.4 is 5.32 Å². The summed E-state index contributed by atoms with van der Waals surface area (Å²) < 4.78 is 5.12.